The molecule has 3 aromatic rings. The van der Waals surface area contributed by atoms with Gasteiger partial charge in [0.1, 0.15) is 5.69 Å². The molecular weight excluding hydrogens is 356 g/mol. The molecule has 8 heteroatoms. The highest BCUT2D eigenvalue weighted by Gasteiger charge is 2.21. The van der Waals surface area contributed by atoms with Gasteiger partial charge in [0.15, 0.2) is 5.82 Å². The summed E-state index contributed by atoms with van der Waals surface area (Å²) in [6, 6.07) is 10.8. The van der Waals surface area contributed by atoms with E-state index >= 15 is 0 Å². The molecule has 0 radical (unpaired) electrons. The molecule has 1 amide bonds. The van der Waals surface area contributed by atoms with Gasteiger partial charge in [0.2, 0.25) is 0 Å². The van der Waals surface area contributed by atoms with Crippen LogP contribution in [0.3, 0.4) is 0 Å². The summed E-state index contributed by atoms with van der Waals surface area (Å²) in [6.07, 6.45) is 1.84. The molecule has 1 aliphatic rings. The summed E-state index contributed by atoms with van der Waals surface area (Å²) in [5.74, 6) is 0.909. The van der Waals surface area contributed by atoms with Gasteiger partial charge >= 0.3 is 0 Å². The molecule has 0 saturated carbocycles. The SMILES string of the molecule is O=C(c1cccn1Cc1noc(-c2ccc(Cl)cc2)n1)N1CCOCC1. The van der Waals surface area contributed by atoms with Crippen molar-refractivity contribution in [2.24, 2.45) is 0 Å². The first-order valence-electron chi connectivity index (χ1n) is 8.31. The van der Waals surface area contributed by atoms with E-state index in [9.17, 15) is 4.79 Å². The fraction of sp³-hybridized carbons (Fsp3) is 0.278. The molecule has 1 saturated heterocycles. The van der Waals surface area contributed by atoms with Gasteiger partial charge in [0.25, 0.3) is 11.8 Å². The van der Waals surface area contributed by atoms with E-state index in [1.54, 1.807) is 23.1 Å². The minimum absolute atomic E-state index is 0.0141. The van der Waals surface area contributed by atoms with Crippen LogP contribution in [0, 0.1) is 0 Å². The molecule has 0 N–H and O–H groups in total. The maximum atomic E-state index is 12.7. The Morgan fingerprint density at radius 2 is 1.92 bits per heavy atom. The van der Waals surface area contributed by atoms with Crippen LogP contribution < -0.4 is 0 Å². The molecule has 1 aliphatic heterocycles. The lowest BCUT2D eigenvalue weighted by molar-refractivity contribution is 0.0296. The van der Waals surface area contributed by atoms with Gasteiger partial charge < -0.3 is 18.7 Å². The molecule has 134 valence electrons. The topological polar surface area (TPSA) is 73.4 Å². The number of halogens is 1. The third kappa shape index (κ3) is 3.49. The quantitative estimate of drug-likeness (QED) is 0.704. The zero-order valence-corrected chi connectivity index (χ0v) is 14.7. The Morgan fingerprint density at radius 1 is 1.15 bits per heavy atom. The Hall–Kier alpha value is -2.64. The van der Waals surface area contributed by atoms with Crippen molar-refractivity contribution in [3.8, 4) is 11.5 Å². The molecule has 0 unspecified atom stereocenters. The van der Waals surface area contributed by atoms with E-state index in [2.05, 4.69) is 10.1 Å². The first kappa shape index (κ1) is 16.8. The van der Waals surface area contributed by atoms with Gasteiger partial charge in [-0.25, -0.2) is 0 Å². The highest BCUT2D eigenvalue weighted by Crippen LogP contribution is 2.20. The van der Waals surface area contributed by atoms with Crippen LogP contribution in [0.4, 0.5) is 0 Å². The highest BCUT2D eigenvalue weighted by molar-refractivity contribution is 6.30. The van der Waals surface area contributed by atoms with Crippen LogP contribution in [0.2, 0.25) is 5.02 Å². The number of rotatable bonds is 4. The monoisotopic (exact) mass is 372 g/mol. The van der Waals surface area contributed by atoms with E-state index in [0.29, 0.717) is 55.3 Å². The standard InChI is InChI=1S/C18H17ClN4O3/c19-14-5-3-13(4-6-14)17-20-16(21-26-17)12-23-7-1-2-15(23)18(24)22-8-10-25-11-9-22/h1-7H,8-12H2. The third-order valence-electron chi connectivity index (χ3n) is 4.22. The number of hydrogen-bond donors (Lipinski definition) is 0. The summed E-state index contributed by atoms with van der Waals surface area (Å²) in [4.78, 5) is 18.9. The summed E-state index contributed by atoms with van der Waals surface area (Å²) < 4.78 is 12.5. The lowest BCUT2D eigenvalue weighted by Crippen LogP contribution is -2.41. The molecule has 2 aromatic heterocycles. The fourth-order valence-electron chi connectivity index (χ4n) is 2.85. The number of aromatic nitrogens is 3. The van der Waals surface area contributed by atoms with Crippen molar-refractivity contribution in [3.05, 3.63) is 59.1 Å². The Bertz CT molecular complexity index is 897. The molecule has 26 heavy (non-hydrogen) atoms. The first-order valence-corrected chi connectivity index (χ1v) is 8.69. The summed E-state index contributed by atoms with van der Waals surface area (Å²) in [6.45, 7) is 2.71. The van der Waals surface area contributed by atoms with Crippen LogP contribution in [0.15, 0.2) is 47.1 Å². The van der Waals surface area contributed by atoms with Gasteiger partial charge in [-0.15, -0.1) is 0 Å². The predicted octanol–water partition coefficient (Wildman–Crippen LogP) is 2.71. The minimum atomic E-state index is -0.0141. The number of hydrogen-bond acceptors (Lipinski definition) is 5. The van der Waals surface area contributed by atoms with Gasteiger partial charge in [0, 0.05) is 29.9 Å². The molecule has 1 fully saturated rings. The summed E-state index contributed by atoms with van der Waals surface area (Å²) in [7, 11) is 0. The zero-order chi connectivity index (χ0) is 17.9. The van der Waals surface area contributed by atoms with E-state index in [1.807, 2.05) is 29.0 Å². The number of carbonyl (C=O) groups is 1. The van der Waals surface area contributed by atoms with Gasteiger partial charge in [-0.05, 0) is 36.4 Å². The predicted molar refractivity (Wildman–Crippen MR) is 95.0 cm³/mol. The van der Waals surface area contributed by atoms with Crippen molar-refractivity contribution in [2.75, 3.05) is 26.3 Å². The van der Waals surface area contributed by atoms with Crippen LogP contribution in [-0.4, -0.2) is 51.8 Å². The van der Waals surface area contributed by atoms with E-state index < -0.39 is 0 Å². The molecule has 3 heterocycles. The molecule has 0 atom stereocenters. The summed E-state index contributed by atoms with van der Waals surface area (Å²) in [5, 5.41) is 4.66. The zero-order valence-electron chi connectivity index (χ0n) is 14.0. The second kappa shape index (κ2) is 7.31. The average molecular weight is 373 g/mol. The number of morpholine rings is 1. The van der Waals surface area contributed by atoms with E-state index in [-0.39, 0.29) is 5.91 Å². The van der Waals surface area contributed by atoms with E-state index in [0.717, 1.165) is 5.56 Å². The van der Waals surface area contributed by atoms with Crippen LogP contribution in [0.25, 0.3) is 11.5 Å². The van der Waals surface area contributed by atoms with Crippen molar-refractivity contribution in [1.82, 2.24) is 19.6 Å². The number of carbonyl (C=O) groups excluding carboxylic acids is 1. The third-order valence-corrected chi connectivity index (χ3v) is 4.47. The number of nitrogens with zero attached hydrogens (tertiary/aromatic N) is 4. The number of benzene rings is 1. The van der Waals surface area contributed by atoms with Crippen molar-refractivity contribution < 1.29 is 14.1 Å². The maximum Gasteiger partial charge on any atom is 0.270 e. The van der Waals surface area contributed by atoms with Gasteiger partial charge in [-0.2, -0.15) is 4.98 Å². The van der Waals surface area contributed by atoms with E-state index in [1.165, 1.54) is 0 Å². The minimum Gasteiger partial charge on any atom is -0.378 e. The van der Waals surface area contributed by atoms with Crippen LogP contribution in [-0.2, 0) is 11.3 Å². The second-order valence-corrected chi connectivity index (χ2v) is 6.38. The Labute approximate surface area is 155 Å². The van der Waals surface area contributed by atoms with Gasteiger partial charge in [-0.1, -0.05) is 16.8 Å². The Kier molecular flexibility index (Phi) is 4.73. The molecule has 7 nitrogen and oxygen atoms in total. The summed E-state index contributed by atoms with van der Waals surface area (Å²) in [5.41, 5.74) is 1.40. The van der Waals surface area contributed by atoms with Crippen molar-refractivity contribution in [3.63, 3.8) is 0 Å². The lowest BCUT2D eigenvalue weighted by Gasteiger charge is -2.27. The van der Waals surface area contributed by atoms with E-state index in [4.69, 9.17) is 20.9 Å². The van der Waals surface area contributed by atoms with Crippen LogP contribution in [0.5, 0.6) is 0 Å². The molecule has 0 bridgehead atoms. The Morgan fingerprint density at radius 3 is 2.69 bits per heavy atom. The fourth-order valence-corrected chi connectivity index (χ4v) is 2.98. The average Bonchev–Trinajstić information content (AvgIpc) is 3.33. The normalized spacial score (nSPS) is 14.6. The number of ether oxygens (including phenoxy) is 1. The molecule has 0 spiro atoms. The molecule has 0 aliphatic carbocycles. The first-order chi connectivity index (χ1) is 12.7. The number of amides is 1. The second-order valence-electron chi connectivity index (χ2n) is 5.95. The van der Waals surface area contributed by atoms with Crippen molar-refractivity contribution in [2.45, 2.75) is 6.54 Å². The maximum absolute atomic E-state index is 12.7. The van der Waals surface area contributed by atoms with Gasteiger partial charge in [0.05, 0.1) is 19.8 Å². The highest BCUT2D eigenvalue weighted by atomic mass is 35.5. The Balaban J connectivity index is 1.51. The van der Waals surface area contributed by atoms with Crippen LogP contribution >= 0.6 is 11.6 Å². The van der Waals surface area contributed by atoms with Crippen LogP contribution in [0.1, 0.15) is 16.3 Å². The lowest BCUT2D eigenvalue weighted by atomic mass is 10.2. The van der Waals surface area contributed by atoms with Gasteiger partial charge in [-0.3, -0.25) is 4.79 Å². The van der Waals surface area contributed by atoms with Crippen molar-refractivity contribution >= 4 is 17.5 Å². The largest absolute Gasteiger partial charge is 0.378 e. The smallest absolute Gasteiger partial charge is 0.270 e. The molecule has 1 aromatic carbocycles. The molecule has 4 rings (SSSR count). The van der Waals surface area contributed by atoms with Crippen molar-refractivity contribution in [1.29, 1.82) is 0 Å². The summed E-state index contributed by atoms with van der Waals surface area (Å²) >= 11 is 5.90. The molecular formula is C18H17ClN4O3.